The van der Waals surface area contributed by atoms with Crippen molar-refractivity contribution >= 4 is 11.6 Å². The maximum Gasteiger partial charge on any atom is 0.0471 e. The van der Waals surface area contributed by atoms with Crippen molar-refractivity contribution in [1.29, 1.82) is 0 Å². The van der Waals surface area contributed by atoms with Crippen LogP contribution in [-0.4, -0.2) is 17.8 Å². The molecule has 0 bridgehead atoms. The van der Waals surface area contributed by atoms with Crippen molar-refractivity contribution in [2.45, 2.75) is 39.3 Å². The summed E-state index contributed by atoms with van der Waals surface area (Å²) >= 11 is 6.00. The van der Waals surface area contributed by atoms with Crippen LogP contribution >= 0.6 is 11.6 Å². The Labute approximate surface area is 109 Å². The third-order valence-corrected chi connectivity index (χ3v) is 3.50. The number of hydrogen-bond acceptors (Lipinski definition) is 2. The highest BCUT2D eigenvalue weighted by Crippen LogP contribution is 2.21. The number of rotatable bonds is 6. The second kappa shape index (κ2) is 7.00. The summed E-state index contributed by atoms with van der Waals surface area (Å²) in [6, 6.07) is 8.52. The van der Waals surface area contributed by atoms with Crippen LogP contribution in [0.5, 0.6) is 0 Å². The number of nitrogens with one attached hydrogen (secondary N) is 1. The Morgan fingerprint density at radius 3 is 2.59 bits per heavy atom. The lowest BCUT2D eigenvalue weighted by atomic mass is 9.99. The van der Waals surface area contributed by atoms with E-state index in [-0.39, 0.29) is 24.6 Å². The van der Waals surface area contributed by atoms with Gasteiger partial charge in [0.1, 0.15) is 0 Å². The van der Waals surface area contributed by atoms with Crippen LogP contribution in [0.15, 0.2) is 24.3 Å². The van der Waals surface area contributed by atoms with E-state index in [0.29, 0.717) is 0 Å². The number of aliphatic hydroxyl groups excluding tert-OH is 1. The Balaban J connectivity index is 2.72. The molecule has 3 heteroatoms. The van der Waals surface area contributed by atoms with Crippen molar-refractivity contribution < 1.29 is 5.11 Å². The average Bonchev–Trinajstić information content (AvgIpc) is 2.34. The van der Waals surface area contributed by atoms with Crippen LogP contribution in [0.25, 0.3) is 0 Å². The molecule has 0 heterocycles. The zero-order valence-electron chi connectivity index (χ0n) is 10.8. The van der Waals surface area contributed by atoms with E-state index in [9.17, 15) is 0 Å². The summed E-state index contributed by atoms with van der Waals surface area (Å²) in [4.78, 5) is 0. The number of halogens is 1. The van der Waals surface area contributed by atoms with E-state index in [1.165, 1.54) is 5.56 Å². The summed E-state index contributed by atoms with van der Waals surface area (Å²) in [6.07, 6.45) is 1.00. The molecule has 0 aliphatic rings. The Bertz CT molecular complexity index is 343. The molecule has 2 nitrogen and oxygen atoms in total. The van der Waals surface area contributed by atoms with Crippen LogP contribution in [0.2, 0.25) is 5.02 Å². The highest BCUT2D eigenvalue weighted by molar-refractivity contribution is 6.30. The zero-order valence-corrected chi connectivity index (χ0v) is 11.5. The minimum Gasteiger partial charge on any atom is -0.396 e. The van der Waals surface area contributed by atoms with Crippen LogP contribution in [-0.2, 0) is 0 Å². The van der Waals surface area contributed by atoms with E-state index in [1.54, 1.807) is 0 Å². The molecule has 0 saturated heterocycles. The van der Waals surface area contributed by atoms with Crippen LogP contribution in [0.1, 0.15) is 38.8 Å². The van der Waals surface area contributed by atoms with Crippen molar-refractivity contribution in [3.8, 4) is 0 Å². The summed E-state index contributed by atoms with van der Waals surface area (Å²) in [5, 5.41) is 13.5. The fourth-order valence-electron chi connectivity index (χ4n) is 1.81. The Hall–Kier alpha value is -0.570. The van der Waals surface area contributed by atoms with Crippen molar-refractivity contribution in [2.75, 3.05) is 6.61 Å². The molecule has 0 radical (unpaired) electrons. The molecule has 1 rings (SSSR count). The van der Waals surface area contributed by atoms with Gasteiger partial charge in [-0.3, -0.25) is 0 Å². The summed E-state index contributed by atoms with van der Waals surface area (Å²) in [7, 11) is 0. The minimum atomic E-state index is 0.208. The first-order chi connectivity index (χ1) is 8.08. The molecule has 96 valence electrons. The number of aliphatic hydroxyl groups is 1. The Morgan fingerprint density at radius 1 is 1.35 bits per heavy atom. The minimum absolute atomic E-state index is 0.208. The third kappa shape index (κ3) is 4.30. The smallest absolute Gasteiger partial charge is 0.0471 e. The molecule has 1 aromatic carbocycles. The summed E-state index contributed by atoms with van der Waals surface area (Å²) < 4.78 is 0. The first kappa shape index (κ1) is 14.5. The molecule has 0 aromatic heterocycles. The summed E-state index contributed by atoms with van der Waals surface area (Å²) in [6.45, 7) is 6.51. The molecule has 0 saturated carbocycles. The van der Waals surface area contributed by atoms with Crippen molar-refractivity contribution in [2.24, 2.45) is 5.92 Å². The fraction of sp³-hybridized carbons (Fsp3) is 0.571. The standard InChI is InChI=1S/C14H22ClNO/c1-4-14(16-11(3)10(2)9-17)12-6-5-7-13(15)8-12/h5-8,10-11,14,16-17H,4,9H2,1-3H3. The van der Waals surface area contributed by atoms with Crippen molar-refractivity contribution in [3.05, 3.63) is 34.9 Å². The van der Waals surface area contributed by atoms with E-state index < -0.39 is 0 Å². The lowest BCUT2D eigenvalue weighted by Gasteiger charge is -2.26. The van der Waals surface area contributed by atoms with Gasteiger partial charge in [-0.15, -0.1) is 0 Å². The van der Waals surface area contributed by atoms with Gasteiger partial charge in [-0.2, -0.15) is 0 Å². The van der Waals surface area contributed by atoms with Gasteiger partial charge in [0.2, 0.25) is 0 Å². The number of benzene rings is 1. The first-order valence-electron chi connectivity index (χ1n) is 6.20. The maximum absolute atomic E-state index is 9.14. The highest BCUT2D eigenvalue weighted by Gasteiger charge is 2.16. The van der Waals surface area contributed by atoms with Crippen LogP contribution in [0, 0.1) is 5.92 Å². The van der Waals surface area contributed by atoms with Gasteiger partial charge in [-0.25, -0.2) is 0 Å². The normalized spacial score (nSPS) is 16.5. The van der Waals surface area contributed by atoms with Gasteiger partial charge < -0.3 is 10.4 Å². The molecule has 3 atom stereocenters. The molecular weight excluding hydrogens is 234 g/mol. The molecule has 0 aliphatic heterocycles. The lowest BCUT2D eigenvalue weighted by molar-refractivity contribution is 0.200. The molecule has 0 spiro atoms. The largest absolute Gasteiger partial charge is 0.396 e. The van der Waals surface area contributed by atoms with Crippen LogP contribution in [0.4, 0.5) is 0 Å². The maximum atomic E-state index is 9.14. The quantitative estimate of drug-likeness (QED) is 0.817. The molecule has 2 N–H and O–H groups in total. The fourth-order valence-corrected chi connectivity index (χ4v) is 2.01. The van der Waals surface area contributed by atoms with E-state index in [4.69, 9.17) is 16.7 Å². The molecule has 1 aromatic rings. The number of hydrogen-bond donors (Lipinski definition) is 2. The predicted octanol–water partition coefficient (Wildman–Crippen LogP) is 3.40. The molecule has 0 amide bonds. The molecule has 3 unspecified atom stereocenters. The Morgan fingerprint density at radius 2 is 2.06 bits per heavy atom. The highest BCUT2D eigenvalue weighted by atomic mass is 35.5. The van der Waals surface area contributed by atoms with Gasteiger partial charge in [0.05, 0.1) is 0 Å². The van der Waals surface area contributed by atoms with Gasteiger partial charge >= 0.3 is 0 Å². The van der Waals surface area contributed by atoms with Crippen LogP contribution in [0.3, 0.4) is 0 Å². The average molecular weight is 256 g/mol. The van der Waals surface area contributed by atoms with E-state index >= 15 is 0 Å². The van der Waals surface area contributed by atoms with Gasteiger partial charge in [0, 0.05) is 23.7 Å². The molecular formula is C14H22ClNO. The zero-order chi connectivity index (χ0) is 12.8. The monoisotopic (exact) mass is 255 g/mol. The molecule has 0 aliphatic carbocycles. The van der Waals surface area contributed by atoms with Crippen LogP contribution < -0.4 is 5.32 Å². The van der Waals surface area contributed by atoms with Gasteiger partial charge in [0.15, 0.2) is 0 Å². The predicted molar refractivity (Wildman–Crippen MR) is 73.3 cm³/mol. The van der Waals surface area contributed by atoms with E-state index in [2.05, 4.69) is 25.2 Å². The second-order valence-electron chi connectivity index (χ2n) is 4.63. The van der Waals surface area contributed by atoms with Gasteiger partial charge in [-0.05, 0) is 37.0 Å². The lowest BCUT2D eigenvalue weighted by Crippen LogP contribution is -2.36. The first-order valence-corrected chi connectivity index (χ1v) is 6.58. The SMILES string of the molecule is CCC(NC(C)C(C)CO)c1cccc(Cl)c1. The van der Waals surface area contributed by atoms with Gasteiger partial charge in [0.25, 0.3) is 0 Å². The Kier molecular flexibility index (Phi) is 5.96. The second-order valence-corrected chi connectivity index (χ2v) is 5.07. The summed E-state index contributed by atoms with van der Waals surface area (Å²) in [5.41, 5.74) is 1.21. The van der Waals surface area contributed by atoms with E-state index in [1.807, 2.05) is 25.1 Å². The van der Waals surface area contributed by atoms with Gasteiger partial charge in [-0.1, -0.05) is 37.6 Å². The summed E-state index contributed by atoms with van der Waals surface area (Å²) in [5.74, 6) is 0.253. The van der Waals surface area contributed by atoms with E-state index in [0.717, 1.165) is 11.4 Å². The molecule has 17 heavy (non-hydrogen) atoms. The van der Waals surface area contributed by atoms with Crippen molar-refractivity contribution in [1.82, 2.24) is 5.32 Å². The third-order valence-electron chi connectivity index (χ3n) is 3.26. The van der Waals surface area contributed by atoms with Crippen molar-refractivity contribution in [3.63, 3.8) is 0 Å². The molecule has 0 fully saturated rings. The topological polar surface area (TPSA) is 32.3 Å².